The molecule has 17 heavy (non-hydrogen) atoms. The Bertz CT molecular complexity index is 212. The first kappa shape index (κ1) is 16.2. The van der Waals surface area contributed by atoms with Gasteiger partial charge in [-0.1, -0.05) is 57.6 Å². The van der Waals surface area contributed by atoms with Crippen molar-refractivity contribution in [3.63, 3.8) is 0 Å². The standard InChI is InChI=1S/C16H28O/c1-2-3-4-5-6-7-8-9-10-11-12-13-14-15-16-17/h3-4,15H,2,5-14H2,1H3. The average Bonchev–Trinajstić information content (AvgIpc) is 2.35. The zero-order valence-corrected chi connectivity index (χ0v) is 11.4. The van der Waals surface area contributed by atoms with E-state index in [2.05, 4.69) is 19.1 Å². The molecule has 0 rings (SSSR count). The Hall–Kier alpha value is -0.810. The van der Waals surface area contributed by atoms with Crippen LogP contribution in [0.3, 0.4) is 0 Å². The highest BCUT2D eigenvalue weighted by atomic mass is 16.1. The van der Waals surface area contributed by atoms with Gasteiger partial charge in [-0.25, -0.2) is 4.79 Å². The maximum absolute atomic E-state index is 9.92. The Balaban J connectivity index is 2.98. The van der Waals surface area contributed by atoms with Crippen LogP contribution < -0.4 is 0 Å². The molecule has 0 aliphatic carbocycles. The lowest BCUT2D eigenvalue weighted by Crippen LogP contribution is -1.81. The van der Waals surface area contributed by atoms with Crippen LogP contribution in [0.15, 0.2) is 18.2 Å². The predicted molar refractivity (Wildman–Crippen MR) is 75.9 cm³/mol. The van der Waals surface area contributed by atoms with E-state index in [-0.39, 0.29) is 0 Å². The van der Waals surface area contributed by atoms with Gasteiger partial charge in [-0.15, -0.1) is 0 Å². The van der Waals surface area contributed by atoms with Gasteiger partial charge in [-0.3, -0.25) is 0 Å². The second kappa shape index (κ2) is 15.2. The fourth-order valence-electron chi connectivity index (χ4n) is 1.91. The topological polar surface area (TPSA) is 17.1 Å². The quantitative estimate of drug-likeness (QED) is 0.257. The van der Waals surface area contributed by atoms with Crippen LogP contribution in [0.4, 0.5) is 0 Å². The van der Waals surface area contributed by atoms with E-state index in [1.165, 1.54) is 57.8 Å². The van der Waals surface area contributed by atoms with E-state index < -0.39 is 0 Å². The molecule has 98 valence electrons. The van der Waals surface area contributed by atoms with E-state index in [0.717, 1.165) is 12.8 Å². The van der Waals surface area contributed by atoms with Crippen LogP contribution in [0.1, 0.15) is 77.6 Å². The molecule has 0 spiro atoms. The summed E-state index contributed by atoms with van der Waals surface area (Å²) in [6.45, 7) is 2.18. The van der Waals surface area contributed by atoms with Crippen LogP contribution in [0.25, 0.3) is 0 Å². The predicted octanol–water partition coefficient (Wildman–Crippen LogP) is 5.24. The van der Waals surface area contributed by atoms with Gasteiger partial charge in [0.1, 0.15) is 5.94 Å². The van der Waals surface area contributed by atoms with Crippen molar-refractivity contribution >= 4 is 5.94 Å². The monoisotopic (exact) mass is 236 g/mol. The Kier molecular flexibility index (Phi) is 14.5. The lowest BCUT2D eigenvalue weighted by Gasteiger charge is -2.00. The van der Waals surface area contributed by atoms with Crippen LogP contribution in [0.2, 0.25) is 0 Å². The molecular formula is C16H28O. The van der Waals surface area contributed by atoms with Crippen molar-refractivity contribution in [3.8, 4) is 0 Å². The Labute approximate surface area is 107 Å². The summed E-state index contributed by atoms with van der Waals surface area (Å²) in [5.41, 5.74) is 0. The van der Waals surface area contributed by atoms with Gasteiger partial charge in [-0.2, -0.15) is 0 Å². The largest absolute Gasteiger partial charge is 0.234 e. The SMILES string of the molecule is CCC=CCCCCCCCCCCC=C=O. The first-order valence-corrected chi connectivity index (χ1v) is 7.26. The Morgan fingerprint density at radius 2 is 1.29 bits per heavy atom. The van der Waals surface area contributed by atoms with Crippen LogP contribution in [-0.4, -0.2) is 5.94 Å². The molecule has 0 fully saturated rings. The Morgan fingerprint density at radius 3 is 1.82 bits per heavy atom. The zero-order chi connectivity index (χ0) is 12.6. The van der Waals surface area contributed by atoms with Gasteiger partial charge in [0.15, 0.2) is 0 Å². The van der Waals surface area contributed by atoms with Crippen molar-refractivity contribution in [1.82, 2.24) is 0 Å². The fourth-order valence-corrected chi connectivity index (χ4v) is 1.91. The second-order valence-corrected chi connectivity index (χ2v) is 4.61. The highest BCUT2D eigenvalue weighted by Gasteiger charge is 1.91. The van der Waals surface area contributed by atoms with Gasteiger partial charge in [0.05, 0.1) is 0 Å². The summed E-state index contributed by atoms with van der Waals surface area (Å²) in [6.07, 6.45) is 20.1. The van der Waals surface area contributed by atoms with Crippen molar-refractivity contribution in [3.05, 3.63) is 18.2 Å². The average molecular weight is 236 g/mol. The maximum Gasteiger partial charge on any atom is 0.120 e. The van der Waals surface area contributed by atoms with Crippen molar-refractivity contribution in [1.29, 1.82) is 0 Å². The third kappa shape index (κ3) is 15.2. The van der Waals surface area contributed by atoms with Gasteiger partial charge >= 0.3 is 0 Å². The van der Waals surface area contributed by atoms with Crippen LogP contribution >= 0.6 is 0 Å². The van der Waals surface area contributed by atoms with Crippen molar-refractivity contribution in [2.24, 2.45) is 0 Å². The van der Waals surface area contributed by atoms with Crippen molar-refractivity contribution in [2.45, 2.75) is 77.6 Å². The summed E-state index contributed by atoms with van der Waals surface area (Å²) in [6, 6.07) is 0. The molecule has 0 amide bonds. The van der Waals surface area contributed by atoms with Gasteiger partial charge in [0.25, 0.3) is 0 Å². The first-order chi connectivity index (χ1) is 8.41. The molecule has 0 aliphatic rings. The maximum atomic E-state index is 9.92. The summed E-state index contributed by atoms with van der Waals surface area (Å²) in [7, 11) is 0. The Morgan fingerprint density at radius 1 is 0.765 bits per heavy atom. The highest BCUT2D eigenvalue weighted by Crippen LogP contribution is 2.10. The zero-order valence-electron chi connectivity index (χ0n) is 11.4. The van der Waals surface area contributed by atoms with E-state index in [9.17, 15) is 4.79 Å². The number of carbonyl (C=O) groups excluding carboxylic acids is 1. The normalized spacial score (nSPS) is 10.6. The minimum atomic E-state index is 0.910. The molecule has 0 saturated carbocycles. The minimum absolute atomic E-state index is 0.910. The van der Waals surface area contributed by atoms with Crippen molar-refractivity contribution in [2.75, 3.05) is 0 Å². The van der Waals surface area contributed by atoms with E-state index in [4.69, 9.17) is 0 Å². The molecule has 1 nitrogen and oxygen atoms in total. The van der Waals surface area contributed by atoms with Gasteiger partial charge in [-0.05, 0) is 38.2 Å². The van der Waals surface area contributed by atoms with E-state index >= 15 is 0 Å². The summed E-state index contributed by atoms with van der Waals surface area (Å²) in [5.74, 6) is 1.83. The van der Waals surface area contributed by atoms with Gasteiger partial charge in [0, 0.05) is 0 Å². The number of hydrogen-bond donors (Lipinski definition) is 0. The molecule has 0 unspecified atom stereocenters. The fraction of sp³-hybridized carbons (Fsp3) is 0.750. The minimum Gasteiger partial charge on any atom is -0.234 e. The smallest absolute Gasteiger partial charge is 0.120 e. The summed E-state index contributed by atoms with van der Waals surface area (Å²) >= 11 is 0. The molecular weight excluding hydrogens is 208 g/mol. The van der Waals surface area contributed by atoms with Crippen molar-refractivity contribution < 1.29 is 4.79 Å². The number of hydrogen-bond acceptors (Lipinski definition) is 1. The molecule has 0 aromatic rings. The molecule has 0 radical (unpaired) electrons. The summed E-state index contributed by atoms with van der Waals surface area (Å²) < 4.78 is 0. The molecule has 0 bridgehead atoms. The second-order valence-electron chi connectivity index (χ2n) is 4.61. The van der Waals surface area contributed by atoms with E-state index in [1.807, 2.05) is 5.94 Å². The van der Waals surface area contributed by atoms with Crippen LogP contribution in [0.5, 0.6) is 0 Å². The molecule has 0 atom stereocenters. The molecule has 0 aliphatic heterocycles. The van der Waals surface area contributed by atoms with Gasteiger partial charge in [0.2, 0.25) is 0 Å². The molecule has 0 aromatic heterocycles. The molecule has 0 heterocycles. The van der Waals surface area contributed by atoms with E-state index in [1.54, 1.807) is 6.08 Å². The van der Waals surface area contributed by atoms with Gasteiger partial charge < -0.3 is 0 Å². The first-order valence-electron chi connectivity index (χ1n) is 7.26. The molecule has 0 saturated heterocycles. The number of unbranched alkanes of at least 4 members (excludes halogenated alkanes) is 9. The van der Waals surface area contributed by atoms with Crippen LogP contribution in [-0.2, 0) is 4.79 Å². The molecule has 0 N–H and O–H groups in total. The number of allylic oxidation sites excluding steroid dienone is 3. The molecule has 0 aromatic carbocycles. The third-order valence-corrected chi connectivity index (χ3v) is 2.95. The summed E-state index contributed by atoms with van der Waals surface area (Å²) in [5, 5.41) is 0. The highest BCUT2D eigenvalue weighted by molar-refractivity contribution is 5.44. The number of rotatable bonds is 12. The lowest BCUT2D eigenvalue weighted by molar-refractivity contribution is 0.563. The lowest BCUT2D eigenvalue weighted by atomic mass is 10.1. The third-order valence-electron chi connectivity index (χ3n) is 2.95. The molecule has 1 heteroatoms. The van der Waals surface area contributed by atoms with E-state index in [0.29, 0.717) is 0 Å². The van der Waals surface area contributed by atoms with Crippen LogP contribution in [0, 0.1) is 0 Å². The summed E-state index contributed by atoms with van der Waals surface area (Å²) in [4.78, 5) is 9.92.